The van der Waals surface area contributed by atoms with Gasteiger partial charge in [-0.15, -0.1) is 10.2 Å². The summed E-state index contributed by atoms with van der Waals surface area (Å²) in [6, 6.07) is 9.62. The lowest BCUT2D eigenvalue weighted by atomic mass is 10.1. The van der Waals surface area contributed by atoms with Gasteiger partial charge in [-0.25, -0.2) is 4.68 Å². The SMILES string of the molecule is CCN(CC)CCC[C@@H](C)NC(=O)c1cccc(-n2nc(-c3nnc(C)o3)cc2C(C)C)c1. The first-order chi connectivity index (χ1) is 15.8. The summed E-state index contributed by atoms with van der Waals surface area (Å²) in [6.45, 7) is 15.6. The molecular formula is C25H36N6O2. The van der Waals surface area contributed by atoms with E-state index in [0.717, 1.165) is 43.9 Å². The lowest BCUT2D eigenvalue weighted by Crippen LogP contribution is -2.33. The van der Waals surface area contributed by atoms with Crippen molar-refractivity contribution in [1.29, 1.82) is 0 Å². The number of aryl methyl sites for hydroxylation is 1. The van der Waals surface area contributed by atoms with Gasteiger partial charge in [0.05, 0.1) is 5.69 Å². The van der Waals surface area contributed by atoms with Gasteiger partial charge in [0.1, 0.15) is 5.69 Å². The monoisotopic (exact) mass is 452 g/mol. The van der Waals surface area contributed by atoms with Gasteiger partial charge in [-0.2, -0.15) is 5.10 Å². The first-order valence-corrected chi connectivity index (χ1v) is 11.9. The second-order valence-corrected chi connectivity index (χ2v) is 8.74. The number of hydrogen-bond donors (Lipinski definition) is 1. The molecule has 8 nitrogen and oxygen atoms in total. The maximum absolute atomic E-state index is 12.9. The Hall–Kier alpha value is -3.00. The Balaban J connectivity index is 1.74. The van der Waals surface area contributed by atoms with E-state index in [2.05, 4.69) is 55.0 Å². The number of carbonyl (C=O) groups is 1. The van der Waals surface area contributed by atoms with Crippen LogP contribution in [0.4, 0.5) is 0 Å². The van der Waals surface area contributed by atoms with E-state index < -0.39 is 0 Å². The Kier molecular flexibility index (Phi) is 8.38. The molecule has 0 aliphatic carbocycles. The standard InChI is InChI=1S/C25H36N6O2/c1-7-30(8-2)14-10-11-18(5)26-24(32)20-12-9-13-21(15-20)31-23(17(3)4)16-22(29-31)25-28-27-19(6)33-25/h9,12-13,15-18H,7-8,10-11,14H2,1-6H3,(H,26,32)/t18-/m1/s1. The highest BCUT2D eigenvalue weighted by atomic mass is 16.4. The molecule has 2 heterocycles. The van der Waals surface area contributed by atoms with E-state index in [1.54, 1.807) is 6.92 Å². The summed E-state index contributed by atoms with van der Waals surface area (Å²) in [5, 5.41) is 15.8. The van der Waals surface area contributed by atoms with Crippen LogP contribution in [0.2, 0.25) is 0 Å². The van der Waals surface area contributed by atoms with Crippen molar-refractivity contribution >= 4 is 5.91 Å². The van der Waals surface area contributed by atoms with Gasteiger partial charge in [0.25, 0.3) is 11.8 Å². The van der Waals surface area contributed by atoms with Crippen molar-refractivity contribution in [3.63, 3.8) is 0 Å². The molecule has 0 fully saturated rings. The number of hydrogen-bond acceptors (Lipinski definition) is 6. The molecule has 0 aliphatic heterocycles. The average molecular weight is 453 g/mol. The van der Waals surface area contributed by atoms with E-state index in [-0.39, 0.29) is 17.9 Å². The van der Waals surface area contributed by atoms with E-state index >= 15 is 0 Å². The van der Waals surface area contributed by atoms with Crippen molar-refractivity contribution in [2.45, 2.75) is 66.3 Å². The minimum atomic E-state index is -0.0711. The Morgan fingerprint density at radius 1 is 1.15 bits per heavy atom. The molecular weight excluding hydrogens is 416 g/mol. The molecule has 0 spiro atoms. The number of nitrogens with zero attached hydrogens (tertiary/aromatic N) is 5. The number of rotatable bonds is 11. The zero-order valence-corrected chi connectivity index (χ0v) is 20.6. The van der Waals surface area contributed by atoms with Crippen LogP contribution >= 0.6 is 0 Å². The second kappa shape index (κ2) is 11.2. The van der Waals surface area contributed by atoms with Crippen molar-refractivity contribution in [1.82, 2.24) is 30.2 Å². The second-order valence-electron chi connectivity index (χ2n) is 8.74. The summed E-state index contributed by atoms with van der Waals surface area (Å²) in [5.74, 6) is 1.04. The largest absolute Gasteiger partial charge is 0.420 e. The Labute approximate surface area is 196 Å². The van der Waals surface area contributed by atoms with Crippen molar-refractivity contribution < 1.29 is 9.21 Å². The van der Waals surface area contributed by atoms with E-state index in [0.29, 0.717) is 23.0 Å². The molecule has 33 heavy (non-hydrogen) atoms. The number of amides is 1. The summed E-state index contributed by atoms with van der Waals surface area (Å²) in [4.78, 5) is 15.3. The summed E-state index contributed by atoms with van der Waals surface area (Å²) in [5.41, 5.74) is 3.06. The minimum Gasteiger partial charge on any atom is -0.420 e. The van der Waals surface area contributed by atoms with E-state index in [1.807, 2.05) is 35.0 Å². The highest BCUT2D eigenvalue weighted by Crippen LogP contribution is 2.26. The van der Waals surface area contributed by atoms with Crippen molar-refractivity contribution in [2.75, 3.05) is 19.6 Å². The number of benzene rings is 1. The van der Waals surface area contributed by atoms with Gasteiger partial charge in [-0.1, -0.05) is 33.8 Å². The van der Waals surface area contributed by atoms with Gasteiger partial charge < -0.3 is 14.6 Å². The van der Waals surface area contributed by atoms with Gasteiger partial charge in [0.15, 0.2) is 0 Å². The molecule has 1 atom stereocenters. The highest BCUT2D eigenvalue weighted by Gasteiger charge is 2.18. The average Bonchev–Trinajstić information content (AvgIpc) is 3.43. The molecule has 0 unspecified atom stereocenters. The van der Waals surface area contributed by atoms with E-state index in [9.17, 15) is 4.79 Å². The molecule has 1 aromatic carbocycles. The van der Waals surface area contributed by atoms with Crippen molar-refractivity contribution in [3.8, 4) is 17.3 Å². The molecule has 0 radical (unpaired) electrons. The molecule has 0 aliphatic rings. The predicted octanol–water partition coefficient (Wildman–Crippen LogP) is 4.59. The molecule has 2 aromatic heterocycles. The summed E-state index contributed by atoms with van der Waals surface area (Å²) in [6.07, 6.45) is 2.01. The van der Waals surface area contributed by atoms with Crippen molar-refractivity contribution in [3.05, 3.63) is 47.5 Å². The molecule has 0 saturated carbocycles. The van der Waals surface area contributed by atoms with Crippen LogP contribution < -0.4 is 5.32 Å². The number of carbonyl (C=O) groups excluding carboxylic acids is 1. The van der Waals surface area contributed by atoms with Crippen LogP contribution in [0, 0.1) is 6.92 Å². The fourth-order valence-electron chi connectivity index (χ4n) is 3.84. The topological polar surface area (TPSA) is 89.1 Å². The smallest absolute Gasteiger partial charge is 0.268 e. The lowest BCUT2D eigenvalue weighted by Gasteiger charge is -2.20. The van der Waals surface area contributed by atoms with Crippen LogP contribution in [0.5, 0.6) is 0 Å². The summed E-state index contributed by atoms with van der Waals surface area (Å²) >= 11 is 0. The van der Waals surface area contributed by atoms with Crippen LogP contribution in [0.15, 0.2) is 34.7 Å². The molecule has 178 valence electrons. The first kappa shape index (κ1) is 24.6. The molecule has 0 bridgehead atoms. The van der Waals surface area contributed by atoms with Crippen LogP contribution in [-0.4, -0.2) is 56.5 Å². The van der Waals surface area contributed by atoms with Crippen LogP contribution in [0.25, 0.3) is 17.3 Å². The predicted molar refractivity (Wildman–Crippen MR) is 130 cm³/mol. The van der Waals surface area contributed by atoms with Crippen LogP contribution in [-0.2, 0) is 0 Å². The number of nitrogens with one attached hydrogen (secondary N) is 1. The maximum atomic E-state index is 12.9. The van der Waals surface area contributed by atoms with Crippen LogP contribution in [0.3, 0.4) is 0 Å². The normalized spacial score (nSPS) is 12.5. The Morgan fingerprint density at radius 3 is 2.55 bits per heavy atom. The third-order valence-corrected chi connectivity index (χ3v) is 5.81. The minimum absolute atomic E-state index is 0.0711. The third-order valence-electron chi connectivity index (χ3n) is 5.81. The lowest BCUT2D eigenvalue weighted by molar-refractivity contribution is 0.0937. The van der Waals surface area contributed by atoms with E-state index in [4.69, 9.17) is 9.52 Å². The number of aromatic nitrogens is 4. The first-order valence-electron chi connectivity index (χ1n) is 11.9. The quantitative estimate of drug-likeness (QED) is 0.458. The van der Waals surface area contributed by atoms with Gasteiger partial charge in [-0.05, 0) is 69.6 Å². The fraction of sp³-hybridized carbons (Fsp3) is 0.520. The van der Waals surface area contributed by atoms with Crippen molar-refractivity contribution in [2.24, 2.45) is 0 Å². The van der Waals surface area contributed by atoms with Gasteiger partial charge in [0, 0.05) is 24.2 Å². The zero-order valence-electron chi connectivity index (χ0n) is 20.6. The van der Waals surface area contributed by atoms with E-state index in [1.165, 1.54) is 0 Å². The summed E-state index contributed by atoms with van der Waals surface area (Å²) < 4.78 is 7.41. The molecule has 3 rings (SSSR count). The molecule has 3 aromatic rings. The van der Waals surface area contributed by atoms with Gasteiger partial charge in [-0.3, -0.25) is 4.79 Å². The molecule has 1 N–H and O–H groups in total. The van der Waals surface area contributed by atoms with Gasteiger partial charge >= 0.3 is 0 Å². The maximum Gasteiger partial charge on any atom is 0.268 e. The molecule has 8 heteroatoms. The zero-order chi connectivity index (χ0) is 24.0. The van der Waals surface area contributed by atoms with Crippen LogP contribution in [0.1, 0.15) is 75.3 Å². The van der Waals surface area contributed by atoms with Gasteiger partial charge in [0.2, 0.25) is 5.89 Å². The third kappa shape index (κ3) is 6.28. The molecule has 0 saturated heterocycles. The Bertz CT molecular complexity index is 1050. The highest BCUT2D eigenvalue weighted by molar-refractivity contribution is 5.94. The summed E-state index contributed by atoms with van der Waals surface area (Å²) in [7, 11) is 0. The molecule has 1 amide bonds. The fourth-order valence-corrected chi connectivity index (χ4v) is 3.84. The Morgan fingerprint density at radius 2 is 1.91 bits per heavy atom.